The molecule has 0 aliphatic carbocycles. The van der Waals surface area contributed by atoms with Gasteiger partial charge < -0.3 is 19.3 Å². The van der Waals surface area contributed by atoms with Crippen LogP contribution < -0.4 is 19.3 Å². The Bertz CT molecular complexity index is 2510. The largest absolute Gasteiger partial charge is 0.494 e. The molecule has 0 bridgehead atoms. The summed E-state index contributed by atoms with van der Waals surface area (Å²) in [5.41, 5.74) is 15.9. The Morgan fingerprint density at radius 1 is 0.306 bits per heavy atom. The predicted octanol–water partition coefficient (Wildman–Crippen LogP) is 16.0. The van der Waals surface area contributed by atoms with E-state index in [0.29, 0.717) is 13.2 Å². The molecule has 0 unspecified atom stereocenters. The second-order valence-electron chi connectivity index (χ2n) is 15.3. The highest BCUT2D eigenvalue weighted by atomic mass is 16.5. The molecular formula is C58H52N2O2. The van der Waals surface area contributed by atoms with Crippen molar-refractivity contribution in [3.05, 3.63) is 228 Å². The van der Waals surface area contributed by atoms with Gasteiger partial charge in [-0.05, 0) is 158 Å². The molecule has 0 aliphatic heterocycles. The monoisotopic (exact) mass is 808 g/mol. The fourth-order valence-corrected chi connectivity index (χ4v) is 7.43. The molecule has 8 rings (SSSR count). The Kier molecular flexibility index (Phi) is 13.1. The predicted molar refractivity (Wildman–Crippen MR) is 264 cm³/mol. The van der Waals surface area contributed by atoms with Gasteiger partial charge in [0.25, 0.3) is 0 Å². The minimum absolute atomic E-state index is 0.664. The van der Waals surface area contributed by atoms with Crippen LogP contribution in [0.3, 0.4) is 0 Å². The van der Waals surface area contributed by atoms with E-state index in [1.54, 1.807) is 0 Å². The minimum Gasteiger partial charge on any atom is -0.494 e. The van der Waals surface area contributed by atoms with Crippen molar-refractivity contribution in [1.29, 1.82) is 0 Å². The maximum absolute atomic E-state index is 5.60. The van der Waals surface area contributed by atoms with Crippen molar-refractivity contribution in [1.82, 2.24) is 0 Å². The van der Waals surface area contributed by atoms with E-state index in [4.69, 9.17) is 9.47 Å². The van der Waals surface area contributed by atoms with Crippen molar-refractivity contribution < 1.29 is 9.47 Å². The topological polar surface area (TPSA) is 24.9 Å². The number of hydrogen-bond donors (Lipinski definition) is 0. The molecule has 0 radical (unpaired) electrons. The van der Waals surface area contributed by atoms with Crippen LogP contribution in [0.15, 0.2) is 194 Å². The Hall–Kier alpha value is -7.56. The van der Waals surface area contributed by atoms with E-state index in [1.165, 1.54) is 11.1 Å². The van der Waals surface area contributed by atoms with Crippen LogP contribution in [0.1, 0.15) is 47.2 Å². The molecule has 4 nitrogen and oxygen atoms in total. The van der Waals surface area contributed by atoms with Crippen molar-refractivity contribution in [2.24, 2.45) is 0 Å². The summed E-state index contributed by atoms with van der Waals surface area (Å²) in [4.78, 5) is 4.62. The van der Waals surface area contributed by atoms with E-state index in [0.717, 1.165) is 79.0 Å². The fraction of sp³-hybridized carbons (Fsp3) is 0.103. The van der Waals surface area contributed by atoms with E-state index >= 15 is 0 Å². The Balaban J connectivity index is 1.01. The first-order chi connectivity index (χ1) is 30.4. The lowest BCUT2D eigenvalue weighted by molar-refractivity contribution is 0.340. The highest BCUT2D eigenvalue weighted by Gasteiger charge is 2.15. The van der Waals surface area contributed by atoms with Gasteiger partial charge in [0.05, 0.1) is 13.2 Å². The fourth-order valence-electron chi connectivity index (χ4n) is 7.43. The summed E-state index contributed by atoms with van der Waals surface area (Å²) in [6.07, 6.45) is 8.57. The number of benzene rings is 8. The van der Waals surface area contributed by atoms with Gasteiger partial charge in [0.2, 0.25) is 0 Å². The van der Waals surface area contributed by atoms with Crippen molar-refractivity contribution in [3.63, 3.8) is 0 Å². The van der Waals surface area contributed by atoms with Crippen LogP contribution in [0.2, 0.25) is 0 Å². The summed E-state index contributed by atoms with van der Waals surface area (Å²) in [7, 11) is 0. The minimum atomic E-state index is 0.664. The van der Waals surface area contributed by atoms with Crippen LogP contribution in [-0.2, 0) is 0 Å². The first kappa shape index (κ1) is 41.2. The standard InChI is InChI=1S/C58H52N2O2/c1-5-61-57-39-19-47(20-40-57)13-11-45-15-31-53(32-16-45)59(51-27-7-43(3)8-28-51)55-35-23-49(24-36-55)50-25-37-56(38-26-50)60(52-29-9-44(4)10-30-52)54-33-17-46(18-34-54)12-14-48-21-41-58(42-22-48)62-6-2/h7-42H,5-6H2,1-4H3/b13-11+,14-12+. The van der Waals surface area contributed by atoms with Crippen LogP contribution in [0.4, 0.5) is 34.1 Å². The van der Waals surface area contributed by atoms with Crippen LogP contribution in [-0.4, -0.2) is 13.2 Å². The summed E-state index contributed by atoms with van der Waals surface area (Å²) in [5.74, 6) is 1.78. The lowest BCUT2D eigenvalue weighted by atomic mass is 10.0. The van der Waals surface area contributed by atoms with Gasteiger partial charge in [-0.15, -0.1) is 0 Å². The highest BCUT2D eigenvalue weighted by Crippen LogP contribution is 2.38. The average molecular weight is 809 g/mol. The van der Waals surface area contributed by atoms with Crippen LogP contribution in [0.5, 0.6) is 11.5 Å². The molecule has 0 aliphatic rings. The maximum atomic E-state index is 5.60. The molecule has 0 amide bonds. The van der Waals surface area contributed by atoms with Gasteiger partial charge in [-0.2, -0.15) is 0 Å². The molecule has 0 fully saturated rings. The van der Waals surface area contributed by atoms with Crippen molar-refractivity contribution in [2.45, 2.75) is 27.7 Å². The number of anilines is 6. The lowest BCUT2D eigenvalue weighted by Gasteiger charge is -2.26. The molecule has 0 spiro atoms. The van der Waals surface area contributed by atoms with Crippen molar-refractivity contribution >= 4 is 58.4 Å². The number of nitrogens with zero attached hydrogens (tertiary/aromatic N) is 2. The molecule has 306 valence electrons. The molecule has 0 saturated carbocycles. The summed E-state index contributed by atoms with van der Waals surface area (Å²) in [6, 6.07) is 69.0. The third-order valence-corrected chi connectivity index (χ3v) is 10.8. The van der Waals surface area contributed by atoms with Gasteiger partial charge in [0.15, 0.2) is 0 Å². The molecule has 0 N–H and O–H groups in total. The zero-order chi connectivity index (χ0) is 42.7. The zero-order valence-corrected chi connectivity index (χ0v) is 35.9. The van der Waals surface area contributed by atoms with Crippen LogP contribution in [0.25, 0.3) is 35.4 Å². The van der Waals surface area contributed by atoms with Crippen molar-refractivity contribution in [3.8, 4) is 22.6 Å². The maximum Gasteiger partial charge on any atom is 0.119 e. The number of ether oxygens (including phenoxy) is 2. The van der Waals surface area contributed by atoms with Gasteiger partial charge >= 0.3 is 0 Å². The zero-order valence-electron chi connectivity index (χ0n) is 35.9. The Labute approximate surface area is 367 Å². The molecule has 0 heterocycles. The molecular weight excluding hydrogens is 757 g/mol. The van der Waals surface area contributed by atoms with E-state index in [2.05, 4.69) is 218 Å². The third kappa shape index (κ3) is 10.2. The van der Waals surface area contributed by atoms with Gasteiger partial charge in [0, 0.05) is 34.1 Å². The van der Waals surface area contributed by atoms with E-state index in [-0.39, 0.29) is 0 Å². The Morgan fingerprint density at radius 3 is 0.790 bits per heavy atom. The molecule has 0 saturated heterocycles. The van der Waals surface area contributed by atoms with Crippen molar-refractivity contribution in [2.75, 3.05) is 23.0 Å². The highest BCUT2D eigenvalue weighted by molar-refractivity contribution is 5.82. The van der Waals surface area contributed by atoms with Gasteiger partial charge in [-0.3, -0.25) is 0 Å². The quantitative estimate of drug-likeness (QED) is 0.0963. The van der Waals surface area contributed by atoms with Crippen LogP contribution >= 0.6 is 0 Å². The summed E-state index contributed by atoms with van der Waals surface area (Å²) in [5, 5.41) is 0. The molecule has 0 aromatic heterocycles. The normalized spacial score (nSPS) is 11.2. The lowest BCUT2D eigenvalue weighted by Crippen LogP contribution is -2.10. The second kappa shape index (κ2) is 19.7. The molecule has 0 atom stereocenters. The molecule has 8 aromatic rings. The van der Waals surface area contributed by atoms with E-state index < -0.39 is 0 Å². The molecule has 8 aromatic carbocycles. The average Bonchev–Trinajstić information content (AvgIpc) is 3.31. The summed E-state index contributed by atoms with van der Waals surface area (Å²) in [6.45, 7) is 9.58. The smallest absolute Gasteiger partial charge is 0.119 e. The van der Waals surface area contributed by atoms with Gasteiger partial charge in [0.1, 0.15) is 11.5 Å². The number of hydrogen-bond acceptors (Lipinski definition) is 4. The van der Waals surface area contributed by atoms with E-state index in [1.807, 2.05) is 38.1 Å². The first-order valence-corrected chi connectivity index (χ1v) is 21.4. The Morgan fingerprint density at radius 2 is 0.532 bits per heavy atom. The summed E-state index contributed by atoms with van der Waals surface area (Å²) < 4.78 is 11.2. The number of rotatable bonds is 15. The third-order valence-electron chi connectivity index (χ3n) is 10.8. The SMILES string of the molecule is CCOc1ccc(/C=C/c2ccc(N(c3ccc(C)cc3)c3ccc(-c4ccc(N(c5ccc(C)cc5)c5ccc(/C=C/c6ccc(OCC)cc6)cc5)cc4)cc3)cc2)cc1. The second-order valence-corrected chi connectivity index (χ2v) is 15.3. The van der Waals surface area contributed by atoms with Crippen LogP contribution in [0, 0.1) is 13.8 Å². The van der Waals surface area contributed by atoms with Gasteiger partial charge in [-0.1, -0.05) is 132 Å². The van der Waals surface area contributed by atoms with Gasteiger partial charge in [-0.25, -0.2) is 0 Å². The first-order valence-electron chi connectivity index (χ1n) is 21.4. The van der Waals surface area contributed by atoms with E-state index in [9.17, 15) is 0 Å². The number of aryl methyl sites for hydroxylation is 2. The molecule has 4 heteroatoms. The summed E-state index contributed by atoms with van der Waals surface area (Å²) >= 11 is 0. The molecule has 62 heavy (non-hydrogen) atoms.